The highest BCUT2D eigenvalue weighted by Crippen LogP contribution is 2.19. The van der Waals surface area contributed by atoms with Crippen molar-refractivity contribution in [1.82, 2.24) is 15.5 Å². The molecule has 0 saturated heterocycles. The zero-order valence-electron chi connectivity index (χ0n) is 15.9. The first-order chi connectivity index (χ1) is 13.1. The molecule has 2 aromatic rings. The summed E-state index contributed by atoms with van der Waals surface area (Å²) in [6.45, 7) is 6.28. The molecule has 0 bridgehead atoms. The second kappa shape index (κ2) is 10.6. The van der Waals surface area contributed by atoms with Gasteiger partial charge in [-0.05, 0) is 24.7 Å². The minimum absolute atomic E-state index is 0.0587. The van der Waals surface area contributed by atoms with Crippen LogP contribution in [0.15, 0.2) is 54.6 Å². The van der Waals surface area contributed by atoms with E-state index in [9.17, 15) is 14.3 Å². The average Bonchev–Trinajstić information content (AvgIpc) is 2.70. The molecule has 5 nitrogen and oxygen atoms in total. The van der Waals surface area contributed by atoms with Crippen LogP contribution in [0.4, 0.5) is 9.18 Å². The highest BCUT2D eigenvalue weighted by atomic mass is 19.1. The largest absolute Gasteiger partial charge is 0.386 e. The van der Waals surface area contributed by atoms with Gasteiger partial charge in [0.2, 0.25) is 0 Å². The molecule has 2 atom stereocenters. The van der Waals surface area contributed by atoms with E-state index in [1.807, 2.05) is 30.3 Å². The number of likely N-dealkylation sites (N-methyl/N-ethyl adjacent to an activating group) is 1. The van der Waals surface area contributed by atoms with Gasteiger partial charge in [0.15, 0.2) is 0 Å². The number of aliphatic hydroxyl groups excluding tert-OH is 1. The number of carbonyl (C=O) groups is 1. The second-order valence-electron chi connectivity index (χ2n) is 6.28. The van der Waals surface area contributed by atoms with E-state index in [2.05, 4.69) is 29.4 Å². The van der Waals surface area contributed by atoms with E-state index >= 15 is 0 Å². The molecule has 0 radical (unpaired) electrons. The Kier molecular flexibility index (Phi) is 8.23. The fraction of sp³-hybridized carbons (Fsp3) is 0.381. The molecule has 0 heterocycles. The van der Waals surface area contributed by atoms with Gasteiger partial charge in [0.25, 0.3) is 0 Å². The van der Waals surface area contributed by atoms with Crippen LogP contribution in [-0.2, 0) is 0 Å². The summed E-state index contributed by atoms with van der Waals surface area (Å²) < 4.78 is 13.7. The van der Waals surface area contributed by atoms with E-state index in [0.29, 0.717) is 6.54 Å². The number of hydrogen-bond donors (Lipinski definition) is 3. The Balaban J connectivity index is 1.91. The molecular formula is C21H28FN3O2. The van der Waals surface area contributed by atoms with E-state index in [1.165, 1.54) is 12.1 Å². The van der Waals surface area contributed by atoms with Gasteiger partial charge in [0.1, 0.15) is 5.82 Å². The van der Waals surface area contributed by atoms with Gasteiger partial charge in [-0.2, -0.15) is 0 Å². The van der Waals surface area contributed by atoms with Crippen molar-refractivity contribution in [2.45, 2.75) is 26.0 Å². The SMILES string of the molecule is CCN(CC)C(CNC(=O)NCC(O)c1ccccc1F)c1ccccc1. The van der Waals surface area contributed by atoms with Crippen molar-refractivity contribution < 1.29 is 14.3 Å². The van der Waals surface area contributed by atoms with Gasteiger partial charge in [-0.15, -0.1) is 0 Å². The molecule has 3 N–H and O–H groups in total. The van der Waals surface area contributed by atoms with Crippen molar-refractivity contribution in [3.8, 4) is 0 Å². The van der Waals surface area contributed by atoms with Gasteiger partial charge >= 0.3 is 6.03 Å². The lowest BCUT2D eigenvalue weighted by Crippen LogP contribution is -2.43. The third kappa shape index (κ3) is 6.05. The van der Waals surface area contributed by atoms with Gasteiger partial charge in [-0.1, -0.05) is 62.4 Å². The van der Waals surface area contributed by atoms with Gasteiger partial charge in [0.05, 0.1) is 12.1 Å². The predicted molar refractivity (Wildman–Crippen MR) is 105 cm³/mol. The lowest BCUT2D eigenvalue weighted by Gasteiger charge is -2.30. The number of halogens is 1. The Morgan fingerprint density at radius 2 is 1.59 bits per heavy atom. The summed E-state index contributed by atoms with van der Waals surface area (Å²) >= 11 is 0. The number of carbonyl (C=O) groups excluding carboxylic acids is 1. The molecule has 0 aliphatic carbocycles. The van der Waals surface area contributed by atoms with Crippen LogP contribution in [0, 0.1) is 5.82 Å². The number of hydrogen-bond acceptors (Lipinski definition) is 3. The maximum absolute atomic E-state index is 13.7. The molecule has 0 aromatic heterocycles. The third-order valence-corrected chi connectivity index (χ3v) is 4.61. The second-order valence-corrected chi connectivity index (χ2v) is 6.28. The number of benzene rings is 2. The lowest BCUT2D eigenvalue weighted by atomic mass is 10.1. The van der Waals surface area contributed by atoms with Crippen LogP contribution in [0.5, 0.6) is 0 Å². The quantitative estimate of drug-likeness (QED) is 0.632. The molecular weight excluding hydrogens is 345 g/mol. The zero-order chi connectivity index (χ0) is 19.6. The van der Waals surface area contributed by atoms with E-state index < -0.39 is 18.0 Å². The molecule has 2 amide bonds. The molecule has 2 rings (SSSR count). The Bertz CT molecular complexity index is 708. The van der Waals surface area contributed by atoms with Crippen LogP contribution in [0.3, 0.4) is 0 Å². The molecule has 0 aliphatic heterocycles. The van der Waals surface area contributed by atoms with Crippen molar-refractivity contribution in [2.75, 3.05) is 26.2 Å². The van der Waals surface area contributed by atoms with E-state index in [0.717, 1.165) is 18.7 Å². The molecule has 6 heteroatoms. The normalized spacial score (nSPS) is 13.2. The molecule has 2 aromatic carbocycles. The van der Waals surface area contributed by atoms with E-state index in [1.54, 1.807) is 12.1 Å². The Hall–Kier alpha value is -2.44. The molecule has 0 saturated carbocycles. The van der Waals surface area contributed by atoms with Gasteiger partial charge in [-0.25, -0.2) is 9.18 Å². The minimum atomic E-state index is -1.09. The summed E-state index contributed by atoms with van der Waals surface area (Å²) in [7, 11) is 0. The fourth-order valence-corrected chi connectivity index (χ4v) is 3.09. The molecule has 27 heavy (non-hydrogen) atoms. The first-order valence-electron chi connectivity index (χ1n) is 9.30. The van der Waals surface area contributed by atoms with Crippen LogP contribution in [0.1, 0.15) is 37.1 Å². The molecule has 0 spiro atoms. The first kappa shape index (κ1) is 20.9. The highest BCUT2D eigenvalue weighted by molar-refractivity contribution is 5.73. The van der Waals surface area contributed by atoms with Crippen molar-refractivity contribution in [1.29, 1.82) is 0 Å². The topological polar surface area (TPSA) is 64.6 Å². The maximum Gasteiger partial charge on any atom is 0.314 e. The van der Waals surface area contributed by atoms with Gasteiger partial charge < -0.3 is 15.7 Å². The molecule has 2 unspecified atom stereocenters. The number of urea groups is 1. The van der Waals surface area contributed by atoms with Crippen LogP contribution >= 0.6 is 0 Å². The van der Waals surface area contributed by atoms with Crippen LogP contribution in [0.25, 0.3) is 0 Å². The smallest absolute Gasteiger partial charge is 0.314 e. The predicted octanol–water partition coefficient (Wildman–Crippen LogP) is 3.24. The van der Waals surface area contributed by atoms with Crippen LogP contribution in [-0.4, -0.2) is 42.2 Å². The number of rotatable bonds is 9. The van der Waals surface area contributed by atoms with Gasteiger partial charge in [0, 0.05) is 18.7 Å². The summed E-state index contributed by atoms with van der Waals surface area (Å²) in [4.78, 5) is 14.4. The Labute approximate surface area is 160 Å². The Morgan fingerprint density at radius 3 is 2.22 bits per heavy atom. The van der Waals surface area contributed by atoms with Crippen molar-refractivity contribution in [3.63, 3.8) is 0 Å². The first-order valence-corrected chi connectivity index (χ1v) is 9.30. The molecule has 146 valence electrons. The minimum Gasteiger partial charge on any atom is -0.386 e. The zero-order valence-corrected chi connectivity index (χ0v) is 15.9. The fourth-order valence-electron chi connectivity index (χ4n) is 3.09. The van der Waals surface area contributed by atoms with Gasteiger partial charge in [-0.3, -0.25) is 4.90 Å². The maximum atomic E-state index is 13.7. The highest BCUT2D eigenvalue weighted by Gasteiger charge is 2.19. The number of nitrogens with zero attached hydrogens (tertiary/aromatic N) is 1. The Morgan fingerprint density at radius 1 is 1.00 bits per heavy atom. The monoisotopic (exact) mass is 373 g/mol. The van der Waals surface area contributed by atoms with Crippen molar-refractivity contribution in [3.05, 3.63) is 71.5 Å². The van der Waals surface area contributed by atoms with Crippen molar-refractivity contribution in [2.24, 2.45) is 0 Å². The summed E-state index contributed by atoms with van der Waals surface area (Å²) in [6, 6.07) is 15.7. The third-order valence-electron chi connectivity index (χ3n) is 4.61. The number of nitrogens with one attached hydrogen (secondary N) is 2. The number of aliphatic hydroxyl groups is 1. The summed E-state index contributed by atoms with van der Waals surface area (Å²) in [5.74, 6) is -0.488. The van der Waals surface area contributed by atoms with E-state index in [-0.39, 0.29) is 18.2 Å². The van der Waals surface area contributed by atoms with Crippen LogP contribution in [0.2, 0.25) is 0 Å². The summed E-state index contributed by atoms with van der Waals surface area (Å²) in [5, 5.41) is 15.5. The lowest BCUT2D eigenvalue weighted by molar-refractivity contribution is 0.167. The standard InChI is InChI=1S/C21H28FN3O2/c1-3-25(4-2)19(16-10-6-5-7-11-16)14-23-21(27)24-15-20(26)17-12-8-9-13-18(17)22/h5-13,19-20,26H,3-4,14-15H2,1-2H3,(H2,23,24,27). The number of amides is 2. The van der Waals surface area contributed by atoms with E-state index in [4.69, 9.17) is 0 Å². The summed E-state index contributed by atoms with van der Waals surface area (Å²) in [6.07, 6.45) is -1.09. The molecule has 0 aliphatic rings. The van der Waals surface area contributed by atoms with Crippen molar-refractivity contribution >= 4 is 6.03 Å². The summed E-state index contributed by atoms with van der Waals surface area (Å²) in [5.41, 5.74) is 1.30. The van der Waals surface area contributed by atoms with Crippen LogP contribution < -0.4 is 10.6 Å². The molecule has 0 fully saturated rings. The average molecular weight is 373 g/mol.